The monoisotopic (exact) mass is 235 g/mol. The zero-order valence-electron chi connectivity index (χ0n) is 10.1. The van der Waals surface area contributed by atoms with Gasteiger partial charge in [-0.1, -0.05) is 13.8 Å². The molecule has 0 aliphatic heterocycles. The third-order valence-electron chi connectivity index (χ3n) is 2.08. The Balaban J connectivity index is 3.70. The standard InChI is InChI=1S/C11H22ClNO2/c1-9(2)15-7-10(14)13-8-11(3,4)5-6-12/h9H,5-8H2,1-4H3,(H,13,14). The van der Waals surface area contributed by atoms with Crippen LogP contribution in [-0.2, 0) is 9.53 Å². The van der Waals surface area contributed by atoms with Gasteiger partial charge in [0.15, 0.2) is 0 Å². The van der Waals surface area contributed by atoms with Crippen LogP contribution in [0.1, 0.15) is 34.1 Å². The van der Waals surface area contributed by atoms with E-state index in [4.69, 9.17) is 16.3 Å². The molecule has 0 saturated heterocycles. The summed E-state index contributed by atoms with van der Waals surface area (Å²) >= 11 is 5.67. The molecule has 0 fully saturated rings. The van der Waals surface area contributed by atoms with Crippen LogP contribution in [0, 0.1) is 5.41 Å². The molecule has 0 aliphatic carbocycles. The van der Waals surface area contributed by atoms with Crippen molar-refractivity contribution in [2.45, 2.75) is 40.2 Å². The van der Waals surface area contributed by atoms with Crippen LogP contribution in [0.4, 0.5) is 0 Å². The van der Waals surface area contributed by atoms with E-state index in [0.29, 0.717) is 12.4 Å². The van der Waals surface area contributed by atoms with Crippen molar-refractivity contribution >= 4 is 17.5 Å². The molecule has 0 aliphatic rings. The molecule has 0 atom stereocenters. The van der Waals surface area contributed by atoms with E-state index in [2.05, 4.69) is 19.2 Å². The summed E-state index contributed by atoms with van der Waals surface area (Å²) in [4.78, 5) is 11.3. The first kappa shape index (κ1) is 14.7. The van der Waals surface area contributed by atoms with Crippen molar-refractivity contribution < 1.29 is 9.53 Å². The fourth-order valence-corrected chi connectivity index (χ4v) is 1.49. The number of alkyl halides is 1. The fourth-order valence-electron chi connectivity index (χ4n) is 0.975. The molecule has 0 aromatic rings. The number of carbonyl (C=O) groups is 1. The highest BCUT2D eigenvalue weighted by Crippen LogP contribution is 2.19. The van der Waals surface area contributed by atoms with E-state index in [1.54, 1.807) is 0 Å². The lowest BCUT2D eigenvalue weighted by atomic mass is 9.90. The minimum atomic E-state index is -0.0636. The van der Waals surface area contributed by atoms with Gasteiger partial charge in [-0.25, -0.2) is 0 Å². The highest BCUT2D eigenvalue weighted by molar-refractivity contribution is 6.17. The van der Waals surface area contributed by atoms with Crippen molar-refractivity contribution in [2.24, 2.45) is 5.41 Å². The summed E-state index contributed by atoms with van der Waals surface area (Å²) in [7, 11) is 0. The molecule has 3 nitrogen and oxygen atoms in total. The van der Waals surface area contributed by atoms with Crippen LogP contribution in [0.25, 0.3) is 0 Å². The molecule has 15 heavy (non-hydrogen) atoms. The maximum atomic E-state index is 11.3. The Bertz CT molecular complexity index is 193. The van der Waals surface area contributed by atoms with Gasteiger partial charge in [-0.05, 0) is 25.7 Å². The van der Waals surface area contributed by atoms with E-state index in [1.807, 2.05) is 13.8 Å². The van der Waals surface area contributed by atoms with Gasteiger partial charge in [-0.2, -0.15) is 0 Å². The van der Waals surface area contributed by atoms with Gasteiger partial charge < -0.3 is 10.1 Å². The SMILES string of the molecule is CC(C)OCC(=O)NCC(C)(C)CCCl. The van der Waals surface area contributed by atoms with Gasteiger partial charge in [0.1, 0.15) is 6.61 Å². The first-order chi connectivity index (χ1) is 6.87. The average Bonchev–Trinajstić information content (AvgIpc) is 2.11. The maximum absolute atomic E-state index is 11.3. The molecule has 1 N–H and O–H groups in total. The number of hydrogen-bond donors (Lipinski definition) is 1. The molecule has 0 spiro atoms. The molecule has 4 heteroatoms. The Labute approximate surface area is 97.5 Å². The third-order valence-corrected chi connectivity index (χ3v) is 2.27. The van der Waals surface area contributed by atoms with Crippen LogP contribution in [-0.4, -0.2) is 31.0 Å². The molecule has 90 valence electrons. The molecule has 1 amide bonds. The zero-order chi connectivity index (χ0) is 11.9. The molecule has 0 rings (SSSR count). The Morgan fingerprint density at radius 2 is 2.07 bits per heavy atom. The van der Waals surface area contributed by atoms with Gasteiger partial charge in [0.25, 0.3) is 0 Å². The minimum Gasteiger partial charge on any atom is -0.369 e. The summed E-state index contributed by atoms with van der Waals surface area (Å²) < 4.78 is 5.19. The summed E-state index contributed by atoms with van der Waals surface area (Å²) in [6.07, 6.45) is 0.978. The Morgan fingerprint density at radius 3 is 2.53 bits per heavy atom. The highest BCUT2D eigenvalue weighted by Gasteiger charge is 2.17. The van der Waals surface area contributed by atoms with Gasteiger partial charge in [-0.3, -0.25) is 4.79 Å². The van der Waals surface area contributed by atoms with E-state index in [9.17, 15) is 4.79 Å². The summed E-state index contributed by atoms with van der Waals surface area (Å²) in [5.41, 5.74) is 0.0508. The van der Waals surface area contributed by atoms with E-state index in [1.165, 1.54) is 0 Å². The normalized spacial score (nSPS) is 11.9. The number of amides is 1. The molecular weight excluding hydrogens is 214 g/mol. The second kappa shape index (κ2) is 7.07. The summed E-state index contributed by atoms with van der Waals surface area (Å²) in [5, 5.41) is 2.84. The molecule has 0 aromatic carbocycles. The quantitative estimate of drug-likeness (QED) is 0.687. The van der Waals surface area contributed by atoms with E-state index >= 15 is 0 Å². The van der Waals surface area contributed by atoms with Gasteiger partial charge in [0.05, 0.1) is 6.10 Å². The zero-order valence-corrected chi connectivity index (χ0v) is 10.9. The molecule has 0 unspecified atom stereocenters. The predicted octanol–water partition coefficient (Wildman–Crippen LogP) is 2.18. The first-order valence-electron chi connectivity index (χ1n) is 5.31. The van der Waals surface area contributed by atoms with E-state index in [-0.39, 0.29) is 24.0 Å². The van der Waals surface area contributed by atoms with Crippen LogP contribution in [0.2, 0.25) is 0 Å². The van der Waals surface area contributed by atoms with Crippen molar-refractivity contribution in [3.63, 3.8) is 0 Å². The third kappa shape index (κ3) is 8.70. The maximum Gasteiger partial charge on any atom is 0.246 e. The molecule has 0 saturated carbocycles. The lowest BCUT2D eigenvalue weighted by Crippen LogP contribution is -2.36. The number of carbonyl (C=O) groups excluding carboxylic acids is 1. The molecule has 0 radical (unpaired) electrons. The van der Waals surface area contributed by atoms with E-state index in [0.717, 1.165) is 6.42 Å². The lowest BCUT2D eigenvalue weighted by Gasteiger charge is -2.23. The molecule has 0 aromatic heterocycles. The number of rotatable bonds is 7. The Morgan fingerprint density at radius 1 is 1.47 bits per heavy atom. The average molecular weight is 236 g/mol. The topological polar surface area (TPSA) is 38.3 Å². The van der Waals surface area contributed by atoms with Crippen molar-refractivity contribution in [3.05, 3.63) is 0 Å². The van der Waals surface area contributed by atoms with Crippen LogP contribution in [0.15, 0.2) is 0 Å². The van der Waals surface area contributed by atoms with Gasteiger partial charge in [0, 0.05) is 12.4 Å². The van der Waals surface area contributed by atoms with Gasteiger partial charge >= 0.3 is 0 Å². The summed E-state index contributed by atoms with van der Waals surface area (Å²) in [6, 6.07) is 0. The van der Waals surface area contributed by atoms with E-state index < -0.39 is 0 Å². The number of nitrogens with one attached hydrogen (secondary N) is 1. The van der Waals surface area contributed by atoms with Crippen LogP contribution < -0.4 is 5.32 Å². The molecule has 0 bridgehead atoms. The Hall–Kier alpha value is -0.280. The predicted molar refractivity (Wildman–Crippen MR) is 63.2 cm³/mol. The fraction of sp³-hybridized carbons (Fsp3) is 0.909. The van der Waals surface area contributed by atoms with Gasteiger partial charge in [-0.15, -0.1) is 11.6 Å². The lowest BCUT2D eigenvalue weighted by molar-refractivity contribution is -0.127. The van der Waals surface area contributed by atoms with Crippen molar-refractivity contribution in [1.82, 2.24) is 5.32 Å². The summed E-state index contributed by atoms with van der Waals surface area (Å²) in [6.45, 7) is 8.75. The summed E-state index contributed by atoms with van der Waals surface area (Å²) in [5.74, 6) is 0.553. The minimum absolute atomic E-state index is 0.0508. The van der Waals surface area contributed by atoms with Crippen LogP contribution in [0.5, 0.6) is 0 Å². The second-order valence-electron chi connectivity index (χ2n) is 4.74. The number of halogens is 1. The Kier molecular flexibility index (Phi) is 6.94. The second-order valence-corrected chi connectivity index (χ2v) is 5.12. The smallest absolute Gasteiger partial charge is 0.246 e. The van der Waals surface area contributed by atoms with Crippen LogP contribution in [0.3, 0.4) is 0 Å². The largest absolute Gasteiger partial charge is 0.369 e. The first-order valence-corrected chi connectivity index (χ1v) is 5.85. The van der Waals surface area contributed by atoms with Crippen molar-refractivity contribution in [3.8, 4) is 0 Å². The van der Waals surface area contributed by atoms with Crippen molar-refractivity contribution in [2.75, 3.05) is 19.0 Å². The highest BCUT2D eigenvalue weighted by atomic mass is 35.5. The van der Waals surface area contributed by atoms with Crippen LogP contribution >= 0.6 is 11.6 Å². The molecular formula is C11H22ClNO2. The number of ether oxygens (including phenoxy) is 1. The van der Waals surface area contributed by atoms with Crippen molar-refractivity contribution in [1.29, 1.82) is 0 Å². The number of hydrogen-bond acceptors (Lipinski definition) is 2. The van der Waals surface area contributed by atoms with Gasteiger partial charge in [0.2, 0.25) is 5.91 Å². The molecule has 0 heterocycles.